The van der Waals surface area contributed by atoms with Gasteiger partial charge in [-0.15, -0.1) is 0 Å². The van der Waals surface area contributed by atoms with E-state index in [2.05, 4.69) is 20.9 Å². The normalized spacial score (nSPS) is 33.9. The first-order valence-electron chi connectivity index (χ1n) is 8.15. The van der Waals surface area contributed by atoms with E-state index in [1.807, 2.05) is 24.4 Å². The van der Waals surface area contributed by atoms with Gasteiger partial charge in [-0.05, 0) is 37.9 Å². The highest BCUT2D eigenvalue weighted by Crippen LogP contribution is 2.42. The first-order chi connectivity index (χ1) is 10.8. The summed E-state index contributed by atoms with van der Waals surface area (Å²) in [5, 5.41) is 1.09. The predicted molar refractivity (Wildman–Crippen MR) is 84.7 cm³/mol. The van der Waals surface area contributed by atoms with Gasteiger partial charge in [-0.25, -0.2) is 9.97 Å². The second-order valence-electron chi connectivity index (χ2n) is 6.82. The summed E-state index contributed by atoms with van der Waals surface area (Å²) in [6.45, 7) is 5.08. The number of nitrogens with zero attached hydrogens (tertiary/aromatic N) is 4. The fraction of sp³-hybridized carbons (Fsp3) is 0.529. The van der Waals surface area contributed by atoms with E-state index in [1.54, 1.807) is 0 Å². The second kappa shape index (κ2) is 4.64. The van der Waals surface area contributed by atoms with Gasteiger partial charge in [0.05, 0.1) is 12.1 Å². The van der Waals surface area contributed by atoms with Gasteiger partial charge in [0, 0.05) is 18.1 Å². The van der Waals surface area contributed by atoms with Gasteiger partial charge in [0.1, 0.15) is 12.3 Å². The van der Waals surface area contributed by atoms with Gasteiger partial charge in [-0.1, -0.05) is 18.2 Å². The molecule has 114 valence electrons. The molecule has 4 aliphatic rings. The molecule has 0 amide bonds. The van der Waals surface area contributed by atoms with Crippen LogP contribution in [0.5, 0.6) is 0 Å². The van der Waals surface area contributed by atoms with E-state index in [0.717, 1.165) is 29.9 Å². The topological polar surface area (TPSA) is 41.5 Å². The zero-order chi connectivity index (χ0) is 14.6. The molecule has 0 saturated carbocycles. The lowest BCUT2D eigenvalue weighted by molar-refractivity contribution is -0.116. The average molecular weight is 296 g/mol. The number of anilines is 1. The third-order valence-corrected chi connectivity index (χ3v) is 5.55. The van der Waals surface area contributed by atoms with Crippen LogP contribution < -0.4 is 4.90 Å². The first-order valence-corrected chi connectivity index (χ1v) is 8.15. The number of rotatable bonds is 1. The van der Waals surface area contributed by atoms with Gasteiger partial charge in [0.2, 0.25) is 5.95 Å². The van der Waals surface area contributed by atoms with Crippen LogP contribution in [0.2, 0.25) is 0 Å². The number of piperidine rings is 3. The number of aromatic nitrogens is 2. The van der Waals surface area contributed by atoms with E-state index in [0.29, 0.717) is 12.6 Å². The third kappa shape index (κ3) is 1.85. The summed E-state index contributed by atoms with van der Waals surface area (Å²) >= 11 is 0. The Hall–Kier alpha value is -1.72. The Kier molecular flexibility index (Phi) is 2.69. The van der Waals surface area contributed by atoms with Crippen LogP contribution in [-0.2, 0) is 4.74 Å². The number of ether oxygens (including phenoxy) is 1. The van der Waals surface area contributed by atoms with Crippen LogP contribution >= 0.6 is 0 Å². The van der Waals surface area contributed by atoms with Crippen molar-refractivity contribution in [3.8, 4) is 0 Å². The van der Waals surface area contributed by atoms with Crippen LogP contribution in [0.3, 0.4) is 0 Å². The highest BCUT2D eigenvalue weighted by Gasteiger charge is 2.52. The summed E-state index contributed by atoms with van der Waals surface area (Å²) in [5.41, 5.74) is 1.01. The molecule has 1 spiro atoms. The molecule has 1 aromatic heterocycles. The van der Waals surface area contributed by atoms with Crippen molar-refractivity contribution in [2.75, 3.05) is 37.8 Å². The average Bonchev–Trinajstić information content (AvgIpc) is 2.99. The molecule has 0 radical (unpaired) electrons. The largest absolute Gasteiger partial charge is 0.351 e. The van der Waals surface area contributed by atoms with Crippen molar-refractivity contribution < 1.29 is 4.74 Å². The SMILES string of the molecule is c1ccc2nc(N3CO[C@]4(CN5CCC4CC5)C3)ncc2c1. The van der Waals surface area contributed by atoms with Gasteiger partial charge < -0.3 is 14.5 Å². The van der Waals surface area contributed by atoms with E-state index in [1.165, 1.54) is 25.9 Å². The van der Waals surface area contributed by atoms with Crippen molar-refractivity contribution in [2.45, 2.75) is 18.4 Å². The number of para-hydroxylation sites is 1. The monoisotopic (exact) mass is 296 g/mol. The van der Waals surface area contributed by atoms with E-state index >= 15 is 0 Å². The van der Waals surface area contributed by atoms with E-state index < -0.39 is 0 Å². The molecule has 0 unspecified atom stereocenters. The standard InChI is InChI=1S/C17H20N4O/c1-2-4-15-13(3-1)9-18-16(19-15)21-11-17(22-12-21)10-20-7-5-14(17)6-8-20/h1-4,9,14H,5-8,10-12H2/t17-/m1/s1. The maximum Gasteiger partial charge on any atom is 0.227 e. The minimum absolute atomic E-state index is 0.00546. The summed E-state index contributed by atoms with van der Waals surface area (Å²) in [6, 6.07) is 8.14. The van der Waals surface area contributed by atoms with Gasteiger partial charge >= 0.3 is 0 Å². The van der Waals surface area contributed by atoms with Crippen LogP contribution in [0.1, 0.15) is 12.8 Å². The third-order valence-electron chi connectivity index (χ3n) is 5.55. The van der Waals surface area contributed by atoms with Crippen LogP contribution in [0.25, 0.3) is 10.9 Å². The Labute approximate surface area is 129 Å². The Balaban J connectivity index is 1.44. The molecule has 5 heterocycles. The van der Waals surface area contributed by atoms with Crippen LogP contribution in [0.15, 0.2) is 30.5 Å². The minimum atomic E-state index is 0.00546. The number of fused-ring (bicyclic) bond motifs is 3. The van der Waals surface area contributed by atoms with Crippen molar-refractivity contribution in [2.24, 2.45) is 5.92 Å². The Morgan fingerprint density at radius 3 is 2.82 bits per heavy atom. The molecule has 5 nitrogen and oxygen atoms in total. The molecular weight excluding hydrogens is 276 g/mol. The molecule has 5 heteroatoms. The molecule has 4 fully saturated rings. The van der Waals surface area contributed by atoms with Crippen LogP contribution in [-0.4, -0.2) is 53.4 Å². The number of benzene rings is 1. The molecule has 22 heavy (non-hydrogen) atoms. The summed E-state index contributed by atoms with van der Waals surface area (Å²) < 4.78 is 6.30. The summed E-state index contributed by atoms with van der Waals surface area (Å²) in [4.78, 5) is 14.0. The highest BCUT2D eigenvalue weighted by molar-refractivity contribution is 5.78. The zero-order valence-corrected chi connectivity index (χ0v) is 12.6. The molecule has 1 aromatic carbocycles. The Morgan fingerprint density at radius 2 is 2.00 bits per heavy atom. The van der Waals surface area contributed by atoms with E-state index in [4.69, 9.17) is 9.72 Å². The van der Waals surface area contributed by atoms with E-state index in [9.17, 15) is 0 Å². The first kappa shape index (κ1) is 12.8. The fourth-order valence-electron chi connectivity index (χ4n) is 4.33. The molecule has 0 N–H and O–H groups in total. The maximum absolute atomic E-state index is 6.30. The van der Waals surface area contributed by atoms with Crippen molar-refractivity contribution in [3.63, 3.8) is 0 Å². The van der Waals surface area contributed by atoms with Gasteiger partial charge in [0.25, 0.3) is 0 Å². The van der Waals surface area contributed by atoms with Crippen molar-refractivity contribution in [1.82, 2.24) is 14.9 Å². The van der Waals surface area contributed by atoms with Crippen molar-refractivity contribution in [1.29, 1.82) is 0 Å². The molecule has 2 bridgehead atoms. The molecule has 1 atom stereocenters. The molecule has 0 aliphatic carbocycles. The van der Waals surface area contributed by atoms with Crippen LogP contribution in [0.4, 0.5) is 5.95 Å². The van der Waals surface area contributed by atoms with Crippen molar-refractivity contribution >= 4 is 16.9 Å². The predicted octanol–water partition coefficient (Wildman–Crippen LogP) is 1.89. The summed E-state index contributed by atoms with van der Waals surface area (Å²) in [7, 11) is 0. The minimum Gasteiger partial charge on any atom is -0.351 e. The molecule has 4 aliphatic heterocycles. The molecule has 2 aromatic rings. The van der Waals surface area contributed by atoms with Gasteiger partial charge in [-0.2, -0.15) is 0 Å². The smallest absolute Gasteiger partial charge is 0.227 e. The van der Waals surface area contributed by atoms with Gasteiger partial charge in [0.15, 0.2) is 0 Å². The number of hydrogen-bond donors (Lipinski definition) is 0. The quantitative estimate of drug-likeness (QED) is 0.804. The lowest BCUT2D eigenvalue weighted by Crippen LogP contribution is -2.61. The Bertz CT molecular complexity index is 713. The lowest BCUT2D eigenvalue weighted by atomic mass is 9.75. The van der Waals surface area contributed by atoms with E-state index in [-0.39, 0.29) is 5.60 Å². The number of hydrogen-bond acceptors (Lipinski definition) is 5. The summed E-state index contributed by atoms with van der Waals surface area (Å²) in [5.74, 6) is 1.50. The second-order valence-corrected chi connectivity index (χ2v) is 6.82. The van der Waals surface area contributed by atoms with Crippen molar-refractivity contribution in [3.05, 3.63) is 30.5 Å². The maximum atomic E-state index is 6.30. The van der Waals surface area contributed by atoms with Gasteiger partial charge in [-0.3, -0.25) is 0 Å². The lowest BCUT2D eigenvalue weighted by Gasteiger charge is -2.50. The summed E-state index contributed by atoms with van der Waals surface area (Å²) in [6.07, 6.45) is 4.46. The molecule has 6 rings (SSSR count). The Morgan fingerprint density at radius 1 is 1.14 bits per heavy atom. The molecule has 4 saturated heterocycles. The van der Waals surface area contributed by atoms with Crippen LogP contribution in [0, 0.1) is 5.92 Å². The zero-order valence-electron chi connectivity index (χ0n) is 12.6. The fourth-order valence-corrected chi connectivity index (χ4v) is 4.33. The molecular formula is C17H20N4O. The highest BCUT2D eigenvalue weighted by atomic mass is 16.5.